The molecule has 0 bridgehead atoms. The minimum Gasteiger partial charge on any atom is -0.508 e. The lowest BCUT2D eigenvalue weighted by atomic mass is 9.88. The van der Waals surface area contributed by atoms with Gasteiger partial charge >= 0.3 is 0 Å². The molecule has 1 N–H and O–H groups in total. The van der Waals surface area contributed by atoms with Crippen molar-refractivity contribution < 1.29 is 9.52 Å². The number of fused-ring (bicyclic) bond motifs is 1. The summed E-state index contributed by atoms with van der Waals surface area (Å²) in [5, 5.41) is 11.5. The SMILES string of the molecule is CCC(=C(c1ccc(O)cc1)c1ccc(Cl)nc1)c1ccc2oc(Cl)cc2c1. The van der Waals surface area contributed by atoms with Gasteiger partial charge in [0.05, 0.1) is 0 Å². The Morgan fingerprint density at radius 3 is 2.32 bits per heavy atom. The summed E-state index contributed by atoms with van der Waals surface area (Å²) >= 11 is 12.0. The first-order chi connectivity index (χ1) is 13.5. The van der Waals surface area contributed by atoms with Gasteiger partial charge < -0.3 is 9.52 Å². The second kappa shape index (κ2) is 7.70. The van der Waals surface area contributed by atoms with Crippen molar-refractivity contribution in [1.29, 1.82) is 0 Å². The number of furan rings is 1. The van der Waals surface area contributed by atoms with Gasteiger partial charge in [0.1, 0.15) is 16.5 Å². The lowest BCUT2D eigenvalue weighted by molar-refractivity contribution is 0.475. The number of aromatic hydroxyl groups is 1. The van der Waals surface area contributed by atoms with Crippen molar-refractivity contribution in [3.63, 3.8) is 0 Å². The van der Waals surface area contributed by atoms with Gasteiger partial charge in [0.25, 0.3) is 0 Å². The summed E-state index contributed by atoms with van der Waals surface area (Å²) in [6, 6.07) is 18.8. The summed E-state index contributed by atoms with van der Waals surface area (Å²) in [4.78, 5) is 4.26. The first-order valence-electron chi connectivity index (χ1n) is 8.89. The number of hydrogen-bond acceptors (Lipinski definition) is 3. The van der Waals surface area contributed by atoms with Gasteiger partial charge in [-0.2, -0.15) is 0 Å². The number of halogens is 2. The Labute approximate surface area is 172 Å². The van der Waals surface area contributed by atoms with E-state index in [0.29, 0.717) is 10.4 Å². The monoisotopic (exact) mass is 409 g/mol. The normalized spacial score (nSPS) is 12.2. The molecule has 0 aliphatic heterocycles. The average molecular weight is 410 g/mol. The van der Waals surface area contributed by atoms with E-state index in [2.05, 4.69) is 18.0 Å². The van der Waals surface area contributed by atoms with Gasteiger partial charge in [-0.05, 0) is 76.7 Å². The van der Waals surface area contributed by atoms with Gasteiger partial charge in [-0.3, -0.25) is 0 Å². The lowest BCUT2D eigenvalue weighted by Crippen LogP contribution is -1.96. The lowest BCUT2D eigenvalue weighted by Gasteiger charge is -2.16. The Balaban J connectivity index is 1.97. The van der Waals surface area contributed by atoms with Gasteiger partial charge in [0, 0.05) is 23.2 Å². The zero-order valence-corrected chi connectivity index (χ0v) is 16.6. The molecule has 0 unspecified atom stereocenters. The predicted octanol–water partition coefficient (Wildman–Crippen LogP) is 7.21. The molecular weight excluding hydrogens is 393 g/mol. The first kappa shape index (κ1) is 18.6. The van der Waals surface area contributed by atoms with Crippen molar-refractivity contribution in [3.8, 4) is 5.75 Å². The van der Waals surface area contributed by atoms with Crippen LogP contribution in [-0.2, 0) is 0 Å². The Morgan fingerprint density at radius 2 is 1.64 bits per heavy atom. The molecule has 0 atom stereocenters. The minimum atomic E-state index is 0.227. The number of allylic oxidation sites excluding steroid dienone is 1. The number of benzene rings is 2. The first-order valence-corrected chi connectivity index (χ1v) is 9.64. The van der Waals surface area contributed by atoms with Gasteiger partial charge in [0.2, 0.25) is 0 Å². The van der Waals surface area contributed by atoms with Crippen LogP contribution >= 0.6 is 23.2 Å². The van der Waals surface area contributed by atoms with Gasteiger partial charge in [0.15, 0.2) is 5.22 Å². The van der Waals surface area contributed by atoms with Crippen molar-refractivity contribution in [3.05, 3.63) is 93.9 Å². The summed E-state index contributed by atoms with van der Waals surface area (Å²) in [7, 11) is 0. The summed E-state index contributed by atoms with van der Waals surface area (Å²) < 4.78 is 5.49. The van der Waals surface area contributed by atoms with Crippen molar-refractivity contribution in [2.45, 2.75) is 13.3 Å². The molecule has 0 spiro atoms. The Kier molecular flexibility index (Phi) is 5.12. The Morgan fingerprint density at radius 1 is 0.929 bits per heavy atom. The second-order valence-electron chi connectivity index (χ2n) is 6.43. The number of rotatable bonds is 4. The third-order valence-electron chi connectivity index (χ3n) is 4.66. The zero-order valence-electron chi connectivity index (χ0n) is 15.1. The highest BCUT2D eigenvalue weighted by Gasteiger charge is 2.15. The van der Waals surface area contributed by atoms with E-state index in [1.54, 1.807) is 24.4 Å². The highest BCUT2D eigenvalue weighted by Crippen LogP contribution is 2.36. The molecule has 4 rings (SSSR count). The molecule has 2 heterocycles. The van der Waals surface area contributed by atoms with Crippen molar-refractivity contribution >= 4 is 45.3 Å². The molecule has 2 aromatic heterocycles. The van der Waals surface area contributed by atoms with Crippen LogP contribution in [0.25, 0.3) is 22.1 Å². The number of hydrogen-bond donors (Lipinski definition) is 1. The summed E-state index contributed by atoms with van der Waals surface area (Å²) in [5.41, 5.74) is 5.96. The molecular formula is C23H17Cl2NO2. The fourth-order valence-corrected chi connectivity index (χ4v) is 3.70. The molecule has 0 saturated heterocycles. The molecule has 0 fully saturated rings. The van der Waals surface area contributed by atoms with Gasteiger partial charge in [-0.15, -0.1) is 0 Å². The number of phenols is 1. The smallest absolute Gasteiger partial charge is 0.194 e. The zero-order chi connectivity index (χ0) is 19.7. The third-order valence-corrected chi connectivity index (χ3v) is 5.07. The standard InChI is InChI=1S/C23H17Cl2NO2/c1-2-19(15-5-9-20-17(11-15)12-22(25)28-20)23(14-3-7-18(27)8-4-14)16-6-10-21(24)26-13-16/h3-13,27H,2H2,1H3. The molecule has 28 heavy (non-hydrogen) atoms. The average Bonchev–Trinajstić information content (AvgIpc) is 3.07. The van der Waals surface area contributed by atoms with E-state index in [0.717, 1.165) is 45.2 Å². The van der Waals surface area contributed by atoms with E-state index in [1.165, 1.54) is 0 Å². The maximum atomic E-state index is 9.71. The molecule has 0 aliphatic rings. The number of nitrogens with zero attached hydrogens (tertiary/aromatic N) is 1. The number of phenolic OH excluding ortho intramolecular Hbond substituents is 1. The quantitative estimate of drug-likeness (QED) is 0.286. The molecule has 4 aromatic rings. The number of aromatic nitrogens is 1. The largest absolute Gasteiger partial charge is 0.508 e. The summed E-state index contributed by atoms with van der Waals surface area (Å²) in [5.74, 6) is 0.227. The van der Waals surface area contributed by atoms with E-state index < -0.39 is 0 Å². The molecule has 0 amide bonds. The van der Waals surface area contributed by atoms with E-state index in [1.807, 2.05) is 36.4 Å². The molecule has 0 aliphatic carbocycles. The highest BCUT2D eigenvalue weighted by molar-refractivity contribution is 6.30. The fourth-order valence-electron chi connectivity index (χ4n) is 3.39. The summed E-state index contributed by atoms with van der Waals surface area (Å²) in [6.07, 6.45) is 2.57. The van der Waals surface area contributed by atoms with Crippen LogP contribution in [0.15, 0.2) is 71.3 Å². The minimum absolute atomic E-state index is 0.227. The highest BCUT2D eigenvalue weighted by atomic mass is 35.5. The molecule has 2 aromatic carbocycles. The van der Waals surface area contributed by atoms with Crippen LogP contribution in [0.2, 0.25) is 10.4 Å². The van der Waals surface area contributed by atoms with Crippen molar-refractivity contribution in [2.24, 2.45) is 0 Å². The number of pyridine rings is 1. The van der Waals surface area contributed by atoms with E-state index in [4.69, 9.17) is 27.6 Å². The second-order valence-corrected chi connectivity index (χ2v) is 7.19. The van der Waals surface area contributed by atoms with Gasteiger partial charge in [-0.1, -0.05) is 36.7 Å². The van der Waals surface area contributed by atoms with Crippen molar-refractivity contribution in [2.75, 3.05) is 0 Å². The third kappa shape index (κ3) is 3.64. The van der Waals surface area contributed by atoms with Crippen LogP contribution < -0.4 is 0 Å². The fraction of sp³-hybridized carbons (Fsp3) is 0.0870. The van der Waals surface area contributed by atoms with E-state index >= 15 is 0 Å². The topological polar surface area (TPSA) is 46.3 Å². The molecule has 0 saturated carbocycles. The Hall–Kier alpha value is -2.75. The Bertz CT molecular complexity index is 1110. The van der Waals surface area contributed by atoms with Crippen LogP contribution in [-0.4, -0.2) is 10.1 Å². The molecule has 140 valence electrons. The maximum Gasteiger partial charge on any atom is 0.194 e. The molecule has 3 nitrogen and oxygen atoms in total. The van der Waals surface area contributed by atoms with Crippen molar-refractivity contribution in [1.82, 2.24) is 4.98 Å². The van der Waals surface area contributed by atoms with Crippen LogP contribution in [0.4, 0.5) is 0 Å². The molecule has 0 radical (unpaired) electrons. The van der Waals surface area contributed by atoms with Crippen LogP contribution in [0.3, 0.4) is 0 Å². The van der Waals surface area contributed by atoms with E-state index in [-0.39, 0.29) is 5.75 Å². The van der Waals surface area contributed by atoms with Crippen LogP contribution in [0, 0.1) is 0 Å². The van der Waals surface area contributed by atoms with Gasteiger partial charge in [-0.25, -0.2) is 4.98 Å². The predicted molar refractivity (Wildman–Crippen MR) is 115 cm³/mol. The molecule has 5 heteroatoms. The van der Waals surface area contributed by atoms with E-state index in [9.17, 15) is 5.11 Å². The van der Waals surface area contributed by atoms with Crippen LogP contribution in [0.1, 0.15) is 30.0 Å². The van der Waals surface area contributed by atoms with Crippen LogP contribution in [0.5, 0.6) is 5.75 Å². The summed E-state index contributed by atoms with van der Waals surface area (Å²) in [6.45, 7) is 2.12. The maximum absolute atomic E-state index is 9.71.